The molecule has 0 radical (unpaired) electrons. The molecular formula is C22H24O5. The summed E-state index contributed by atoms with van der Waals surface area (Å²) in [6.07, 6.45) is 5.48. The van der Waals surface area contributed by atoms with Crippen LogP contribution >= 0.6 is 0 Å². The Bertz CT molecular complexity index is 844. The Kier molecular flexibility index (Phi) is 7.20. The van der Waals surface area contributed by atoms with Crippen LogP contribution in [0.3, 0.4) is 0 Å². The summed E-state index contributed by atoms with van der Waals surface area (Å²) in [4.78, 5) is 12.5. The van der Waals surface area contributed by atoms with E-state index in [0.717, 1.165) is 11.1 Å². The summed E-state index contributed by atoms with van der Waals surface area (Å²) in [6, 6.07) is 9.91. The Hall–Kier alpha value is -3.05. The number of carbonyl (C=O) groups excluding carboxylic acids is 1. The van der Waals surface area contributed by atoms with Crippen molar-refractivity contribution in [2.45, 2.75) is 20.3 Å². The predicted octanol–water partition coefficient (Wildman–Crippen LogP) is 4.49. The van der Waals surface area contributed by atoms with E-state index in [1.165, 1.54) is 18.2 Å². The lowest BCUT2D eigenvalue weighted by molar-refractivity contribution is 0.0511. The zero-order valence-electron chi connectivity index (χ0n) is 15.7. The molecule has 0 aliphatic carbocycles. The van der Waals surface area contributed by atoms with Crippen LogP contribution in [0.15, 0.2) is 54.1 Å². The molecule has 0 bridgehead atoms. The van der Waals surface area contributed by atoms with Crippen LogP contribution in [0.1, 0.15) is 35.3 Å². The van der Waals surface area contributed by atoms with Crippen LogP contribution in [0.5, 0.6) is 17.2 Å². The van der Waals surface area contributed by atoms with Crippen molar-refractivity contribution in [1.29, 1.82) is 0 Å². The molecule has 0 aliphatic rings. The van der Waals surface area contributed by atoms with E-state index >= 15 is 0 Å². The number of allylic oxidation sites excluding steroid dienone is 3. The Balaban J connectivity index is 2.15. The summed E-state index contributed by atoms with van der Waals surface area (Å²) in [5, 5.41) is 20.0. The summed E-state index contributed by atoms with van der Waals surface area (Å²) in [6.45, 7) is 4.08. The highest BCUT2D eigenvalue weighted by molar-refractivity contribution is 6.08. The van der Waals surface area contributed by atoms with Gasteiger partial charge in [-0.15, -0.1) is 0 Å². The van der Waals surface area contributed by atoms with E-state index < -0.39 is 0 Å². The molecule has 0 amide bonds. The van der Waals surface area contributed by atoms with E-state index in [2.05, 4.69) is 0 Å². The number of ketones is 1. The molecule has 2 aromatic carbocycles. The largest absolute Gasteiger partial charge is 0.508 e. The molecule has 0 aromatic heterocycles. The smallest absolute Gasteiger partial charge is 0.189 e. The molecule has 2 N–H and O–H groups in total. The summed E-state index contributed by atoms with van der Waals surface area (Å²) < 4.78 is 10.1. The molecule has 2 aromatic rings. The van der Waals surface area contributed by atoms with Crippen LogP contribution in [-0.4, -0.2) is 29.9 Å². The standard InChI is InChI=1S/C22H24O5/c1-15(2)4-8-17-12-19(22(25)13-21(17)24)20(23)11-7-16-5-9-18(10-6-16)27-14-26-3/h4-7,9-13,24-25H,8,14H2,1-3H3/b11-7+. The first-order chi connectivity index (χ1) is 12.9. The van der Waals surface area contributed by atoms with Gasteiger partial charge in [0, 0.05) is 13.2 Å². The minimum atomic E-state index is -0.342. The van der Waals surface area contributed by atoms with Gasteiger partial charge in [-0.3, -0.25) is 4.79 Å². The third kappa shape index (κ3) is 6.01. The summed E-state index contributed by atoms with van der Waals surface area (Å²) in [5.41, 5.74) is 2.66. The molecule has 0 spiro atoms. The fourth-order valence-electron chi connectivity index (χ4n) is 2.36. The van der Waals surface area contributed by atoms with Crippen LogP contribution in [0.4, 0.5) is 0 Å². The van der Waals surface area contributed by atoms with Gasteiger partial charge in [0.25, 0.3) is 0 Å². The second-order valence-corrected chi connectivity index (χ2v) is 6.30. The molecule has 27 heavy (non-hydrogen) atoms. The van der Waals surface area contributed by atoms with E-state index in [-0.39, 0.29) is 29.6 Å². The molecule has 0 saturated carbocycles. The lowest BCUT2D eigenvalue weighted by Crippen LogP contribution is -1.98. The predicted molar refractivity (Wildman–Crippen MR) is 105 cm³/mol. The topological polar surface area (TPSA) is 76.0 Å². The van der Waals surface area contributed by atoms with E-state index in [4.69, 9.17) is 9.47 Å². The van der Waals surface area contributed by atoms with Crippen molar-refractivity contribution in [3.8, 4) is 17.2 Å². The summed E-state index contributed by atoms with van der Waals surface area (Å²) >= 11 is 0. The number of phenolic OH excluding ortho intramolecular Hbond substituents is 2. The summed E-state index contributed by atoms with van der Waals surface area (Å²) in [7, 11) is 1.55. The molecule has 0 heterocycles. The molecule has 0 fully saturated rings. The molecule has 0 saturated heterocycles. The fraction of sp³-hybridized carbons (Fsp3) is 0.227. The maximum absolute atomic E-state index is 12.5. The molecule has 5 nitrogen and oxygen atoms in total. The number of methoxy groups -OCH3 is 1. The lowest BCUT2D eigenvalue weighted by atomic mass is 10.0. The van der Waals surface area contributed by atoms with Gasteiger partial charge in [-0.25, -0.2) is 0 Å². The number of phenols is 2. The van der Waals surface area contributed by atoms with E-state index in [9.17, 15) is 15.0 Å². The quantitative estimate of drug-likeness (QED) is 0.311. The van der Waals surface area contributed by atoms with E-state index in [1.54, 1.807) is 25.3 Å². The zero-order valence-corrected chi connectivity index (χ0v) is 15.7. The number of aromatic hydroxyl groups is 2. The second kappa shape index (κ2) is 9.59. The van der Waals surface area contributed by atoms with E-state index in [1.807, 2.05) is 32.1 Å². The van der Waals surface area contributed by atoms with Gasteiger partial charge in [-0.2, -0.15) is 0 Å². The van der Waals surface area contributed by atoms with Crippen molar-refractivity contribution in [3.05, 3.63) is 70.8 Å². The first kappa shape index (κ1) is 20.3. The minimum Gasteiger partial charge on any atom is -0.508 e. The third-order valence-corrected chi connectivity index (χ3v) is 3.84. The van der Waals surface area contributed by atoms with Gasteiger partial charge in [-0.1, -0.05) is 29.9 Å². The van der Waals surface area contributed by atoms with Gasteiger partial charge in [0.1, 0.15) is 17.2 Å². The number of hydrogen-bond donors (Lipinski definition) is 2. The number of hydrogen-bond acceptors (Lipinski definition) is 5. The maximum atomic E-state index is 12.5. The molecule has 0 aliphatic heterocycles. The first-order valence-electron chi connectivity index (χ1n) is 8.53. The number of rotatable bonds is 8. The van der Waals surface area contributed by atoms with Crippen molar-refractivity contribution in [3.63, 3.8) is 0 Å². The number of benzene rings is 2. The van der Waals surface area contributed by atoms with Gasteiger partial charge in [0.2, 0.25) is 0 Å². The Morgan fingerprint density at radius 1 is 1.07 bits per heavy atom. The van der Waals surface area contributed by atoms with Crippen molar-refractivity contribution in [2.24, 2.45) is 0 Å². The van der Waals surface area contributed by atoms with Crippen molar-refractivity contribution >= 4 is 11.9 Å². The fourth-order valence-corrected chi connectivity index (χ4v) is 2.36. The van der Waals surface area contributed by atoms with Crippen molar-refractivity contribution in [2.75, 3.05) is 13.9 Å². The monoisotopic (exact) mass is 368 g/mol. The highest BCUT2D eigenvalue weighted by Gasteiger charge is 2.13. The highest BCUT2D eigenvalue weighted by atomic mass is 16.7. The van der Waals surface area contributed by atoms with Crippen LogP contribution in [0, 0.1) is 0 Å². The van der Waals surface area contributed by atoms with Crippen molar-refractivity contribution in [1.82, 2.24) is 0 Å². The van der Waals surface area contributed by atoms with Crippen LogP contribution in [-0.2, 0) is 11.2 Å². The number of carbonyl (C=O) groups is 1. The summed E-state index contributed by atoms with van der Waals surface area (Å²) in [5.74, 6) is 0.0506. The van der Waals surface area contributed by atoms with Crippen LogP contribution in [0.2, 0.25) is 0 Å². The Morgan fingerprint density at radius 3 is 2.41 bits per heavy atom. The molecule has 0 unspecified atom stereocenters. The van der Waals surface area contributed by atoms with Gasteiger partial charge in [-0.05, 0) is 55.7 Å². The minimum absolute atomic E-state index is 0.0304. The highest BCUT2D eigenvalue weighted by Crippen LogP contribution is 2.29. The molecule has 5 heteroatoms. The third-order valence-electron chi connectivity index (χ3n) is 3.84. The second-order valence-electron chi connectivity index (χ2n) is 6.30. The number of ether oxygens (including phenoxy) is 2. The molecule has 142 valence electrons. The van der Waals surface area contributed by atoms with Crippen LogP contribution in [0.25, 0.3) is 6.08 Å². The van der Waals surface area contributed by atoms with Gasteiger partial charge >= 0.3 is 0 Å². The average molecular weight is 368 g/mol. The lowest BCUT2D eigenvalue weighted by Gasteiger charge is -2.07. The molecule has 0 atom stereocenters. The van der Waals surface area contributed by atoms with Gasteiger partial charge in [0.15, 0.2) is 12.6 Å². The van der Waals surface area contributed by atoms with Gasteiger partial charge in [0.05, 0.1) is 5.56 Å². The molecule has 2 rings (SSSR count). The SMILES string of the molecule is COCOc1ccc(/C=C/C(=O)c2cc(CC=C(C)C)c(O)cc2O)cc1. The van der Waals surface area contributed by atoms with E-state index in [0.29, 0.717) is 17.7 Å². The Labute approximate surface area is 159 Å². The average Bonchev–Trinajstić information content (AvgIpc) is 2.64. The van der Waals surface area contributed by atoms with Gasteiger partial charge < -0.3 is 19.7 Å². The Morgan fingerprint density at radius 2 is 1.78 bits per heavy atom. The first-order valence-corrected chi connectivity index (χ1v) is 8.53. The maximum Gasteiger partial charge on any atom is 0.189 e. The van der Waals surface area contributed by atoms with Crippen molar-refractivity contribution < 1.29 is 24.5 Å². The molecular weight excluding hydrogens is 344 g/mol. The zero-order chi connectivity index (χ0) is 19.8. The normalized spacial score (nSPS) is 10.8. The van der Waals surface area contributed by atoms with Crippen LogP contribution < -0.4 is 4.74 Å².